The number of hydrogen-bond donors (Lipinski definition) is 2. The number of halogens is 2. The zero-order valence-electron chi connectivity index (χ0n) is 12.3. The Morgan fingerprint density at radius 3 is 2.70 bits per heavy atom. The van der Waals surface area contributed by atoms with Crippen LogP contribution in [0, 0.1) is 0 Å². The molecule has 1 aliphatic rings. The van der Waals surface area contributed by atoms with Crippen molar-refractivity contribution in [1.29, 1.82) is 0 Å². The van der Waals surface area contributed by atoms with Crippen molar-refractivity contribution in [1.82, 2.24) is 10.5 Å². The second-order valence-corrected chi connectivity index (χ2v) is 6.49. The third-order valence-corrected chi connectivity index (χ3v) is 4.54. The van der Waals surface area contributed by atoms with Gasteiger partial charge in [0.25, 0.3) is 5.91 Å². The summed E-state index contributed by atoms with van der Waals surface area (Å²) in [6.07, 6.45) is 2.67. The molecular formula is C16H16Cl2N2O3. The Bertz CT molecular complexity index is 700. The number of carbonyl (C=O) groups excluding carboxylic acids is 1. The molecular weight excluding hydrogens is 339 g/mol. The first-order valence-electron chi connectivity index (χ1n) is 7.44. The number of amides is 1. The van der Waals surface area contributed by atoms with Crippen LogP contribution in [0.2, 0.25) is 10.0 Å². The molecule has 2 unspecified atom stereocenters. The molecule has 1 saturated carbocycles. The Kier molecular flexibility index (Phi) is 4.90. The van der Waals surface area contributed by atoms with Crippen molar-refractivity contribution in [3.63, 3.8) is 0 Å². The Morgan fingerprint density at radius 2 is 2.00 bits per heavy atom. The van der Waals surface area contributed by atoms with Crippen LogP contribution in [0.4, 0.5) is 0 Å². The van der Waals surface area contributed by atoms with Gasteiger partial charge in [0.2, 0.25) is 0 Å². The molecule has 7 heteroatoms. The summed E-state index contributed by atoms with van der Waals surface area (Å²) in [6.45, 7) is 0. The third kappa shape index (κ3) is 3.68. The first kappa shape index (κ1) is 16.3. The van der Waals surface area contributed by atoms with E-state index in [-0.39, 0.29) is 22.9 Å². The Balaban J connectivity index is 1.75. The molecule has 2 N–H and O–H groups in total. The van der Waals surface area contributed by atoms with Gasteiger partial charge in [0.1, 0.15) is 5.02 Å². The fourth-order valence-electron chi connectivity index (χ4n) is 2.75. The molecule has 1 aromatic heterocycles. The number of aliphatic hydroxyl groups is 1. The molecule has 1 aliphatic carbocycles. The average Bonchev–Trinajstić information content (AvgIpc) is 2.90. The number of hydrogen-bond acceptors (Lipinski definition) is 4. The van der Waals surface area contributed by atoms with Gasteiger partial charge in [0.15, 0.2) is 11.5 Å². The normalized spacial score (nSPS) is 21.2. The molecule has 0 radical (unpaired) electrons. The number of aromatic nitrogens is 1. The quantitative estimate of drug-likeness (QED) is 0.881. The van der Waals surface area contributed by atoms with E-state index >= 15 is 0 Å². The Hall–Kier alpha value is -1.56. The van der Waals surface area contributed by atoms with Crippen molar-refractivity contribution in [2.24, 2.45) is 0 Å². The van der Waals surface area contributed by atoms with Crippen LogP contribution in [0.3, 0.4) is 0 Å². The summed E-state index contributed by atoms with van der Waals surface area (Å²) in [7, 11) is 0. The molecule has 1 heterocycles. The summed E-state index contributed by atoms with van der Waals surface area (Å²) in [5, 5.41) is 17.1. The van der Waals surface area contributed by atoms with Crippen molar-refractivity contribution in [3.8, 4) is 11.3 Å². The molecule has 1 aromatic carbocycles. The predicted molar refractivity (Wildman–Crippen MR) is 87.7 cm³/mol. The molecule has 0 saturated heterocycles. The van der Waals surface area contributed by atoms with Crippen molar-refractivity contribution >= 4 is 29.1 Å². The number of benzene rings is 1. The van der Waals surface area contributed by atoms with E-state index in [4.69, 9.17) is 27.7 Å². The number of carbonyl (C=O) groups is 1. The number of aliphatic hydroxyl groups excluding tert-OH is 1. The molecule has 3 rings (SSSR count). The van der Waals surface area contributed by atoms with Gasteiger partial charge >= 0.3 is 0 Å². The number of rotatable bonds is 3. The van der Waals surface area contributed by atoms with Crippen LogP contribution in [-0.2, 0) is 0 Å². The van der Waals surface area contributed by atoms with E-state index < -0.39 is 5.91 Å². The number of nitrogens with zero attached hydrogens (tertiary/aromatic N) is 1. The maximum atomic E-state index is 12.3. The summed E-state index contributed by atoms with van der Waals surface area (Å²) in [4.78, 5) is 12.3. The largest absolute Gasteiger partial charge is 0.393 e. The fourth-order valence-corrected chi connectivity index (χ4v) is 3.14. The van der Waals surface area contributed by atoms with Gasteiger partial charge in [-0.25, -0.2) is 0 Å². The van der Waals surface area contributed by atoms with Gasteiger partial charge in [0, 0.05) is 16.6 Å². The Morgan fingerprint density at radius 1 is 1.26 bits per heavy atom. The van der Waals surface area contributed by atoms with Crippen LogP contribution in [0.5, 0.6) is 0 Å². The van der Waals surface area contributed by atoms with Crippen molar-refractivity contribution in [2.45, 2.75) is 37.8 Å². The molecule has 1 amide bonds. The Labute approximate surface area is 143 Å². The van der Waals surface area contributed by atoms with E-state index in [9.17, 15) is 9.90 Å². The van der Waals surface area contributed by atoms with E-state index in [1.165, 1.54) is 0 Å². The molecule has 0 spiro atoms. The van der Waals surface area contributed by atoms with Crippen molar-refractivity contribution in [2.75, 3.05) is 0 Å². The second-order valence-electron chi connectivity index (χ2n) is 5.67. The lowest BCUT2D eigenvalue weighted by Gasteiger charge is -2.26. The van der Waals surface area contributed by atoms with Crippen LogP contribution in [0.25, 0.3) is 11.3 Å². The molecule has 23 heavy (non-hydrogen) atoms. The highest BCUT2D eigenvalue weighted by Gasteiger charge is 2.26. The van der Waals surface area contributed by atoms with Gasteiger partial charge in [-0.3, -0.25) is 4.79 Å². The lowest BCUT2D eigenvalue weighted by Crippen LogP contribution is -2.40. The van der Waals surface area contributed by atoms with Crippen molar-refractivity contribution in [3.05, 3.63) is 40.0 Å². The van der Waals surface area contributed by atoms with E-state index in [1.807, 2.05) is 0 Å². The first-order chi connectivity index (χ1) is 11.0. The monoisotopic (exact) mass is 354 g/mol. The molecule has 1 fully saturated rings. The highest BCUT2D eigenvalue weighted by atomic mass is 35.5. The smallest absolute Gasteiger partial charge is 0.275 e. The van der Waals surface area contributed by atoms with Crippen LogP contribution in [-0.4, -0.2) is 28.3 Å². The SMILES string of the molecule is O=C(NC1CCCC(O)C1)c1noc(-c2ccc(Cl)cc2)c1Cl. The third-order valence-electron chi connectivity index (χ3n) is 3.94. The van der Waals surface area contributed by atoms with E-state index in [2.05, 4.69) is 10.5 Å². The van der Waals surface area contributed by atoms with Gasteiger partial charge < -0.3 is 14.9 Å². The van der Waals surface area contributed by atoms with Crippen molar-refractivity contribution < 1.29 is 14.4 Å². The summed E-state index contributed by atoms with van der Waals surface area (Å²) >= 11 is 12.1. The molecule has 5 nitrogen and oxygen atoms in total. The molecule has 0 aliphatic heterocycles. The zero-order chi connectivity index (χ0) is 16.4. The van der Waals surface area contributed by atoms with E-state index in [1.54, 1.807) is 24.3 Å². The van der Waals surface area contributed by atoms with Gasteiger partial charge in [-0.05, 0) is 49.9 Å². The summed E-state index contributed by atoms with van der Waals surface area (Å²) in [5.74, 6) is -0.0600. The minimum atomic E-state index is -0.391. The van der Waals surface area contributed by atoms with Crippen LogP contribution < -0.4 is 5.32 Å². The first-order valence-corrected chi connectivity index (χ1v) is 8.20. The van der Waals surface area contributed by atoms with Gasteiger partial charge in [-0.1, -0.05) is 28.4 Å². The minimum absolute atomic E-state index is 0.0525. The summed E-state index contributed by atoms with van der Waals surface area (Å²) in [6, 6.07) is 6.83. The zero-order valence-corrected chi connectivity index (χ0v) is 13.8. The highest BCUT2D eigenvalue weighted by Crippen LogP contribution is 2.31. The van der Waals surface area contributed by atoms with Crippen LogP contribution in [0.1, 0.15) is 36.2 Å². The minimum Gasteiger partial charge on any atom is -0.393 e. The molecule has 0 bridgehead atoms. The maximum Gasteiger partial charge on any atom is 0.275 e. The second kappa shape index (κ2) is 6.91. The molecule has 2 atom stereocenters. The van der Waals surface area contributed by atoms with E-state index in [0.717, 1.165) is 19.3 Å². The van der Waals surface area contributed by atoms with Crippen LogP contribution >= 0.6 is 23.2 Å². The standard InChI is InChI=1S/C16H16Cl2N2O3/c17-10-6-4-9(5-7-10)15-13(18)14(20-23-15)16(22)19-11-2-1-3-12(21)8-11/h4-7,11-12,21H,1-3,8H2,(H,19,22). The average molecular weight is 355 g/mol. The fraction of sp³-hybridized carbons (Fsp3) is 0.375. The lowest BCUT2D eigenvalue weighted by atomic mass is 9.93. The summed E-state index contributed by atoms with van der Waals surface area (Å²) in [5.41, 5.74) is 0.746. The predicted octanol–water partition coefficient (Wildman–Crippen LogP) is 3.68. The van der Waals surface area contributed by atoms with Crippen LogP contribution in [0.15, 0.2) is 28.8 Å². The summed E-state index contributed by atoms with van der Waals surface area (Å²) < 4.78 is 5.22. The van der Waals surface area contributed by atoms with Gasteiger partial charge in [0.05, 0.1) is 6.10 Å². The van der Waals surface area contributed by atoms with E-state index in [0.29, 0.717) is 22.8 Å². The maximum absolute atomic E-state index is 12.3. The molecule has 2 aromatic rings. The van der Waals surface area contributed by atoms with Gasteiger partial charge in [-0.2, -0.15) is 0 Å². The molecule has 122 valence electrons. The number of nitrogens with one attached hydrogen (secondary N) is 1. The highest BCUT2D eigenvalue weighted by molar-refractivity contribution is 6.35. The lowest BCUT2D eigenvalue weighted by molar-refractivity contribution is 0.0842. The topological polar surface area (TPSA) is 75.4 Å². The van der Waals surface area contributed by atoms with Gasteiger partial charge in [-0.15, -0.1) is 0 Å².